The molecule has 2 aliphatic rings. The third kappa shape index (κ3) is 4.45. The van der Waals surface area contributed by atoms with Crippen molar-refractivity contribution >= 4 is 11.7 Å². The van der Waals surface area contributed by atoms with E-state index in [0.717, 1.165) is 36.6 Å². The zero-order valence-electron chi connectivity index (χ0n) is 16.9. The molecule has 7 nitrogen and oxygen atoms in total. The van der Waals surface area contributed by atoms with Gasteiger partial charge >= 0.3 is 0 Å². The van der Waals surface area contributed by atoms with Gasteiger partial charge in [0.05, 0.1) is 25.3 Å². The maximum Gasteiger partial charge on any atom is 0.255 e. The monoisotopic (exact) mass is 397 g/mol. The molecular formula is C22H27N3O4. The number of morpholine rings is 1. The molecule has 0 saturated carbocycles. The summed E-state index contributed by atoms with van der Waals surface area (Å²) in [7, 11) is 0. The summed E-state index contributed by atoms with van der Waals surface area (Å²) < 4.78 is 17.3. The predicted octanol–water partition coefficient (Wildman–Crippen LogP) is 2.44. The molecule has 1 N–H and O–H groups in total. The van der Waals surface area contributed by atoms with E-state index in [-0.39, 0.29) is 11.5 Å². The molecule has 7 heteroatoms. The second-order valence-corrected chi connectivity index (χ2v) is 7.86. The first kappa shape index (κ1) is 19.5. The summed E-state index contributed by atoms with van der Waals surface area (Å²) in [5.41, 5.74) is 1.51. The van der Waals surface area contributed by atoms with Crippen LogP contribution >= 0.6 is 0 Å². The molecule has 0 spiro atoms. The lowest BCUT2D eigenvalue weighted by atomic mass is 10.0. The highest BCUT2D eigenvalue weighted by Gasteiger charge is 2.32. The molecule has 4 rings (SSSR count). The standard InChI is InChI=1S/C22H27N3O4/c1-22(2)15-16-5-3-7-18(19(16)29-22)28-12-9-24-21(26)17-6-4-8-23-20(17)25-10-13-27-14-11-25/h3-8H,9-15H2,1-2H3,(H,24,26). The molecule has 29 heavy (non-hydrogen) atoms. The number of carbonyl (C=O) groups excluding carboxylic acids is 1. The fourth-order valence-electron chi connectivity index (χ4n) is 3.72. The van der Waals surface area contributed by atoms with Crippen molar-refractivity contribution in [3.63, 3.8) is 0 Å². The van der Waals surface area contributed by atoms with E-state index in [0.29, 0.717) is 37.7 Å². The van der Waals surface area contributed by atoms with E-state index in [1.165, 1.54) is 0 Å². The number of nitrogens with one attached hydrogen (secondary N) is 1. The maximum atomic E-state index is 12.7. The Bertz CT molecular complexity index is 878. The van der Waals surface area contributed by atoms with E-state index in [2.05, 4.69) is 35.1 Å². The molecule has 1 aromatic carbocycles. The van der Waals surface area contributed by atoms with E-state index >= 15 is 0 Å². The maximum absolute atomic E-state index is 12.7. The first-order valence-electron chi connectivity index (χ1n) is 10.0. The Hall–Kier alpha value is -2.80. The quantitative estimate of drug-likeness (QED) is 0.755. The number of hydrogen-bond acceptors (Lipinski definition) is 6. The SMILES string of the molecule is CC1(C)Cc2cccc(OCCNC(=O)c3cccnc3N3CCOCC3)c2O1. The van der Waals surface area contributed by atoms with Crippen LogP contribution in [0, 0.1) is 0 Å². The fourth-order valence-corrected chi connectivity index (χ4v) is 3.72. The van der Waals surface area contributed by atoms with E-state index < -0.39 is 0 Å². The third-order valence-electron chi connectivity index (χ3n) is 5.04. The van der Waals surface area contributed by atoms with Gasteiger partial charge in [-0.3, -0.25) is 4.79 Å². The number of benzene rings is 1. The van der Waals surface area contributed by atoms with Crippen molar-refractivity contribution in [2.24, 2.45) is 0 Å². The van der Waals surface area contributed by atoms with Crippen LogP contribution in [0.1, 0.15) is 29.8 Å². The van der Waals surface area contributed by atoms with Crippen LogP contribution in [0.4, 0.5) is 5.82 Å². The van der Waals surface area contributed by atoms with Crippen LogP contribution in [0.2, 0.25) is 0 Å². The topological polar surface area (TPSA) is 72.9 Å². The summed E-state index contributed by atoms with van der Waals surface area (Å²) in [5.74, 6) is 2.08. The number of aromatic nitrogens is 1. The van der Waals surface area contributed by atoms with Gasteiger partial charge in [0.25, 0.3) is 5.91 Å². The summed E-state index contributed by atoms with van der Waals surface area (Å²) in [6.45, 7) is 7.64. The normalized spacial score (nSPS) is 17.4. The van der Waals surface area contributed by atoms with Crippen molar-refractivity contribution in [2.45, 2.75) is 25.9 Å². The number of hydrogen-bond donors (Lipinski definition) is 1. The van der Waals surface area contributed by atoms with Gasteiger partial charge < -0.3 is 24.4 Å². The van der Waals surface area contributed by atoms with Crippen LogP contribution < -0.4 is 19.7 Å². The van der Waals surface area contributed by atoms with Gasteiger partial charge in [-0.05, 0) is 32.0 Å². The van der Waals surface area contributed by atoms with Gasteiger partial charge in [0.2, 0.25) is 0 Å². The average Bonchev–Trinajstić information content (AvgIpc) is 3.06. The lowest BCUT2D eigenvalue weighted by molar-refractivity contribution is 0.0944. The molecular weight excluding hydrogens is 370 g/mol. The number of carbonyl (C=O) groups is 1. The summed E-state index contributed by atoms with van der Waals surface area (Å²) in [6, 6.07) is 9.52. The Morgan fingerprint density at radius 3 is 2.90 bits per heavy atom. The minimum Gasteiger partial charge on any atom is -0.488 e. The Balaban J connectivity index is 1.34. The predicted molar refractivity (Wildman–Crippen MR) is 110 cm³/mol. The van der Waals surface area contributed by atoms with Crippen molar-refractivity contribution in [1.82, 2.24) is 10.3 Å². The van der Waals surface area contributed by atoms with Gasteiger partial charge in [0.15, 0.2) is 11.5 Å². The minimum absolute atomic E-state index is 0.154. The fraction of sp³-hybridized carbons (Fsp3) is 0.455. The number of anilines is 1. The van der Waals surface area contributed by atoms with Crippen molar-refractivity contribution in [3.05, 3.63) is 47.7 Å². The molecule has 2 aromatic rings. The van der Waals surface area contributed by atoms with E-state index in [4.69, 9.17) is 14.2 Å². The summed E-state index contributed by atoms with van der Waals surface area (Å²) in [5, 5.41) is 2.93. The molecule has 1 fully saturated rings. The third-order valence-corrected chi connectivity index (χ3v) is 5.04. The highest BCUT2D eigenvalue weighted by atomic mass is 16.5. The highest BCUT2D eigenvalue weighted by molar-refractivity contribution is 5.98. The van der Waals surface area contributed by atoms with Gasteiger partial charge in [-0.1, -0.05) is 12.1 Å². The first-order valence-corrected chi connectivity index (χ1v) is 10.0. The van der Waals surface area contributed by atoms with E-state index in [1.807, 2.05) is 12.1 Å². The zero-order valence-corrected chi connectivity index (χ0v) is 16.9. The summed E-state index contributed by atoms with van der Waals surface area (Å²) in [4.78, 5) is 19.2. The molecule has 0 unspecified atom stereocenters. The van der Waals surface area contributed by atoms with E-state index in [9.17, 15) is 4.79 Å². The zero-order chi connectivity index (χ0) is 20.3. The van der Waals surface area contributed by atoms with Gasteiger partial charge in [-0.2, -0.15) is 0 Å². The average molecular weight is 397 g/mol. The number of ether oxygens (including phenoxy) is 3. The molecule has 1 aromatic heterocycles. The van der Waals surface area contributed by atoms with Gasteiger partial charge in [-0.25, -0.2) is 4.98 Å². The molecule has 1 amide bonds. The molecule has 154 valence electrons. The molecule has 2 aliphatic heterocycles. The van der Waals surface area contributed by atoms with Crippen molar-refractivity contribution < 1.29 is 19.0 Å². The van der Waals surface area contributed by atoms with Crippen LogP contribution in [0.15, 0.2) is 36.5 Å². The van der Waals surface area contributed by atoms with Gasteiger partial charge in [-0.15, -0.1) is 0 Å². The molecule has 0 radical (unpaired) electrons. The Morgan fingerprint density at radius 2 is 2.07 bits per heavy atom. The number of amides is 1. The Kier molecular flexibility index (Phi) is 5.58. The molecule has 3 heterocycles. The lowest BCUT2D eigenvalue weighted by Gasteiger charge is -2.29. The van der Waals surface area contributed by atoms with Crippen LogP contribution in [-0.4, -0.2) is 55.9 Å². The van der Waals surface area contributed by atoms with Gasteiger partial charge in [0, 0.05) is 31.3 Å². The van der Waals surface area contributed by atoms with Crippen molar-refractivity contribution in [3.8, 4) is 11.5 Å². The first-order chi connectivity index (χ1) is 14.0. The summed E-state index contributed by atoms with van der Waals surface area (Å²) in [6.07, 6.45) is 2.57. The minimum atomic E-state index is -0.216. The van der Waals surface area contributed by atoms with E-state index in [1.54, 1.807) is 18.3 Å². The Labute approximate surface area is 171 Å². The Morgan fingerprint density at radius 1 is 1.24 bits per heavy atom. The number of rotatable bonds is 6. The lowest BCUT2D eigenvalue weighted by Crippen LogP contribution is -2.38. The van der Waals surface area contributed by atoms with Crippen LogP contribution in [0.3, 0.4) is 0 Å². The summed E-state index contributed by atoms with van der Waals surface area (Å²) >= 11 is 0. The second kappa shape index (κ2) is 8.29. The number of nitrogens with zero attached hydrogens (tertiary/aromatic N) is 2. The number of fused-ring (bicyclic) bond motifs is 1. The largest absolute Gasteiger partial charge is 0.488 e. The molecule has 0 atom stereocenters. The van der Waals surface area contributed by atoms with Crippen LogP contribution in [-0.2, 0) is 11.2 Å². The smallest absolute Gasteiger partial charge is 0.255 e. The molecule has 1 saturated heterocycles. The number of pyridine rings is 1. The highest BCUT2D eigenvalue weighted by Crippen LogP contribution is 2.41. The van der Waals surface area contributed by atoms with Crippen molar-refractivity contribution in [1.29, 1.82) is 0 Å². The number of para-hydroxylation sites is 1. The van der Waals surface area contributed by atoms with Crippen LogP contribution in [0.5, 0.6) is 11.5 Å². The molecule has 0 aliphatic carbocycles. The second-order valence-electron chi connectivity index (χ2n) is 7.86. The molecule has 0 bridgehead atoms. The van der Waals surface area contributed by atoms with Crippen LogP contribution in [0.25, 0.3) is 0 Å². The van der Waals surface area contributed by atoms with Gasteiger partial charge in [0.1, 0.15) is 18.0 Å². The van der Waals surface area contributed by atoms with Crippen molar-refractivity contribution in [2.75, 3.05) is 44.4 Å².